The molecule has 5 heteroatoms. The summed E-state index contributed by atoms with van der Waals surface area (Å²) in [7, 11) is 0. The summed E-state index contributed by atoms with van der Waals surface area (Å²) in [6, 6.07) is 11.5. The van der Waals surface area contributed by atoms with E-state index in [9.17, 15) is 4.79 Å². The molecule has 1 N–H and O–H groups in total. The Morgan fingerprint density at radius 2 is 1.49 bits per heavy atom. The van der Waals surface area contributed by atoms with Crippen LogP contribution in [0.2, 0.25) is 5.02 Å². The molecule has 0 aliphatic rings. The van der Waals surface area contributed by atoms with Gasteiger partial charge in [0.15, 0.2) is 12.4 Å². The number of pyridine rings is 1. The molecule has 0 spiro atoms. The van der Waals surface area contributed by atoms with E-state index in [2.05, 4.69) is 19.2 Å². The molecular formula is C30H46ClN2O2+. The van der Waals surface area contributed by atoms with Crippen molar-refractivity contribution in [1.82, 2.24) is 5.32 Å². The van der Waals surface area contributed by atoms with Crippen molar-refractivity contribution in [3.8, 4) is 5.75 Å². The number of carbonyl (C=O) groups excluding carboxylic acids is 1. The second-order valence-electron chi connectivity index (χ2n) is 9.49. The van der Waals surface area contributed by atoms with Gasteiger partial charge in [-0.3, -0.25) is 10.1 Å². The Kier molecular flexibility index (Phi) is 15.2. The zero-order chi connectivity index (χ0) is 25.1. The third kappa shape index (κ3) is 12.5. The molecule has 1 unspecified atom stereocenters. The fourth-order valence-corrected chi connectivity index (χ4v) is 4.58. The van der Waals surface area contributed by atoms with Gasteiger partial charge in [0.05, 0.1) is 18.1 Å². The van der Waals surface area contributed by atoms with E-state index in [4.69, 9.17) is 16.3 Å². The van der Waals surface area contributed by atoms with Gasteiger partial charge in [0.2, 0.25) is 12.1 Å². The van der Waals surface area contributed by atoms with Crippen molar-refractivity contribution < 1.29 is 14.1 Å². The van der Waals surface area contributed by atoms with Gasteiger partial charge in [0.25, 0.3) is 0 Å². The highest BCUT2D eigenvalue weighted by molar-refractivity contribution is 6.32. The molecule has 0 bridgehead atoms. The Morgan fingerprint density at radius 3 is 2.06 bits per heavy atom. The van der Waals surface area contributed by atoms with Crippen molar-refractivity contribution >= 4 is 17.5 Å². The number of hydrogen-bond acceptors (Lipinski definition) is 2. The Bertz CT molecular complexity index is 828. The average molecular weight is 502 g/mol. The number of rotatable bonds is 19. The summed E-state index contributed by atoms with van der Waals surface area (Å²) < 4.78 is 7.90. The molecule has 0 radical (unpaired) electrons. The van der Waals surface area contributed by atoms with Gasteiger partial charge in [-0.1, -0.05) is 108 Å². The molecule has 2 aromatic rings. The monoisotopic (exact) mass is 501 g/mol. The Labute approximate surface area is 218 Å². The molecule has 2 rings (SSSR count). The molecule has 194 valence electrons. The number of nitrogens with one attached hydrogen (secondary N) is 1. The van der Waals surface area contributed by atoms with E-state index >= 15 is 0 Å². The average Bonchev–Trinajstić information content (AvgIpc) is 2.87. The molecule has 0 saturated heterocycles. The van der Waals surface area contributed by atoms with Crippen LogP contribution in [0.1, 0.15) is 109 Å². The standard InChI is InChI=1S/C30H45ClN2O2/c1-3-5-6-7-8-9-10-11-12-13-14-18-23-35-28-20-19-26(24-27(28)31)25-30(34)32-29(4-2)33-21-16-15-17-22-33/h15-17,19-22,24,29H,3-14,18,23,25H2,1-2H3/p+1. The maximum absolute atomic E-state index is 12.6. The lowest BCUT2D eigenvalue weighted by Gasteiger charge is -2.13. The van der Waals surface area contributed by atoms with E-state index in [1.807, 2.05) is 53.4 Å². The van der Waals surface area contributed by atoms with Crippen LogP contribution in [0.15, 0.2) is 48.8 Å². The van der Waals surface area contributed by atoms with Gasteiger partial charge in [-0.25, -0.2) is 0 Å². The first-order chi connectivity index (χ1) is 17.1. The van der Waals surface area contributed by atoms with E-state index in [-0.39, 0.29) is 12.1 Å². The summed E-state index contributed by atoms with van der Waals surface area (Å²) in [6.07, 6.45) is 20.9. The summed E-state index contributed by atoms with van der Waals surface area (Å²) >= 11 is 6.43. The highest BCUT2D eigenvalue weighted by Crippen LogP contribution is 2.26. The van der Waals surface area contributed by atoms with Gasteiger partial charge in [-0.2, -0.15) is 4.57 Å². The van der Waals surface area contributed by atoms with Gasteiger partial charge in [-0.15, -0.1) is 0 Å². The smallest absolute Gasteiger partial charge is 0.233 e. The molecule has 1 heterocycles. The second kappa shape index (κ2) is 18.2. The van der Waals surface area contributed by atoms with Crippen LogP contribution in [0.5, 0.6) is 5.75 Å². The van der Waals surface area contributed by atoms with Crippen LogP contribution in [-0.2, 0) is 11.2 Å². The van der Waals surface area contributed by atoms with E-state index in [0.29, 0.717) is 23.8 Å². The zero-order valence-electron chi connectivity index (χ0n) is 21.9. The van der Waals surface area contributed by atoms with Crippen LogP contribution in [0.3, 0.4) is 0 Å². The van der Waals surface area contributed by atoms with E-state index in [1.54, 1.807) is 0 Å². The third-order valence-corrected chi connectivity index (χ3v) is 6.72. The number of unbranched alkanes of at least 4 members (excludes halogenated alkanes) is 11. The topological polar surface area (TPSA) is 42.2 Å². The number of amides is 1. The Hall–Kier alpha value is -2.07. The molecule has 1 atom stereocenters. The second-order valence-corrected chi connectivity index (χ2v) is 9.90. The molecule has 0 fully saturated rings. The highest BCUT2D eigenvalue weighted by atomic mass is 35.5. The number of ether oxygens (including phenoxy) is 1. The van der Waals surface area contributed by atoms with E-state index in [1.165, 1.54) is 70.6 Å². The number of nitrogens with zero attached hydrogens (tertiary/aromatic N) is 1. The van der Waals surface area contributed by atoms with Crippen LogP contribution in [0, 0.1) is 0 Å². The molecule has 35 heavy (non-hydrogen) atoms. The van der Waals surface area contributed by atoms with Gasteiger partial charge in [0.1, 0.15) is 5.75 Å². The zero-order valence-corrected chi connectivity index (χ0v) is 22.7. The minimum atomic E-state index is -0.0580. The van der Waals surface area contributed by atoms with Gasteiger partial charge < -0.3 is 4.74 Å². The first-order valence-electron chi connectivity index (χ1n) is 13.8. The van der Waals surface area contributed by atoms with Crippen LogP contribution in [0.4, 0.5) is 0 Å². The summed E-state index contributed by atoms with van der Waals surface area (Å²) in [5.41, 5.74) is 0.887. The van der Waals surface area contributed by atoms with Crippen molar-refractivity contribution in [3.05, 3.63) is 59.4 Å². The first kappa shape index (κ1) is 29.2. The third-order valence-electron chi connectivity index (χ3n) is 6.43. The van der Waals surface area contributed by atoms with E-state index < -0.39 is 0 Å². The van der Waals surface area contributed by atoms with Gasteiger partial charge >= 0.3 is 0 Å². The summed E-state index contributed by atoms with van der Waals surface area (Å²) in [5.74, 6) is 0.680. The summed E-state index contributed by atoms with van der Waals surface area (Å²) in [6.45, 7) is 5.01. The van der Waals surface area contributed by atoms with Crippen molar-refractivity contribution in [2.24, 2.45) is 0 Å². The number of benzene rings is 1. The Morgan fingerprint density at radius 1 is 0.886 bits per heavy atom. The molecule has 4 nitrogen and oxygen atoms in total. The first-order valence-corrected chi connectivity index (χ1v) is 14.2. The van der Waals surface area contributed by atoms with Crippen molar-refractivity contribution in [1.29, 1.82) is 0 Å². The van der Waals surface area contributed by atoms with Gasteiger partial charge in [0, 0.05) is 18.6 Å². The fourth-order valence-electron chi connectivity index (χ4n) is 4.33. The quantitative estimate of drug-likeness (QED) is 0.156. The molecular weight excluding hydrogens is 456 g/mol. The minimum Gasteiger partial charge on any atom is -0.492 e. The highest BCUT2D eigenvalue weighted by Gasteiger charge is 2.18. The van der Waals surface area contributed by atoms with Crippen molar-refractivity contribution in [2.75, 3.05) is 6.61 Å². The number of carbonyl (C=O) groups is 1. The molecule has 1 amide bonds. The number of halogens is 1. The maximum Gasteiger partial charge on any atom is 0.233 e. The molecule has 1 aromatic heterocycles. The molecule has 0 saturated carbocycles. The molecule has 1 aromatic carbocycles. The maximum atomic E-state index is 12.6. The number of hydrogen-bond donors (Lipinski definition) is 1. The largest absolute Gasteiger partial charge is 0.492 e. The summed E-state index contributed by atoms with van der Waals surface area (Å²) in [4.78, 5) is 12.6. The lowest BCUT2D eigenvalue weighted by atomic mass is 10.1. The van der Waals surface area contributed by atoms with Crippen LogP contribution in [0.25, 0.3) is 0 Å². The predicted molar refractivity (Wildman–Crippen MR) is 146 cm³/mol. The predicted octanol–water partition coefficient (Wildman–Crippen LogP) is 7.97. The molecule has 0 aliphatic carbocycles. The SMILES string of the molecule is CCCCCCCCCCCCCCOc1ccc(CC(=O)NC(CC)[n+]2ccccc2)cc1Cl. The lowest BCUT2D eigenvalue weighted by Crippen LogP contribution is -2.49. The number of aromatic nitrogens is 1. The van der Waals surface area contributed by atoms with Crippen LogP contribution >= 0.6 is 11.6 Å². The van der Waals surface area contributed by atoms with Crippen LogP contribution in [-0.4, -0.2) is 12.5 Å². The van der Waals surface area contributed by atoms with Crippen molar-refractivity contribution in [3.63, 3.8) is 0 Å². The summed E-state index contributed by atoms with van der Waals surface area (Å²) in [5, 5.41) is 3.66. The molecule has 0 aliphatic heterocycles. The Balaban J connectivity index is 1.59. The minimum absolute atomic E-state index is 0.0190. The van der Waals surface area contributed by atoms with E-state index in [0.717, 1.165) is 18.4 Å². The fraction of sp³-hybridized carbons (Fsp3) is 0.600. The van der Waals surface area contributed by atoms with Crippen LogP contribution < -0.4 is 14.6 Å². The van der Waals surface area contributed by atoms with Crippen molar-refractivity contribution in [2.45, 2.75) is 110 Å². The van der Waals surface area contributed by atoms with Gasteiger partial charge in [-0.05, 0) is 24.1 Å². The lowest BCUT2D eigenvalue weighted by molar-refractivity contribution is -0.727. The normalized spacial score (nSPS) is 11.9.